The van der Waals surface area contributed by atoms with Crippen LogP contribution < -0.4 is 10.9 Å². The van der Waals surface area contributed by atoms with Crippen molar-refractivity contribution in [1.82, 2.24) is 24.5 Å². The standard InChI is InChI=1S/C23H24FN5O2S/c1-13(2)11-25-20(30)10-18-12-32-23-26-15(4)21(22(31)28(18)23)19-8-14(3)29(27-19)17-7-5-6-16(24)9-17/h5-9,12-13H,10-11H2,1-4H3,(H,25,30). The zero-order valence-electron chi connectivity index (χ0n) is 18.3. The van der Waals surface area contributed by atoms with Crippen LogP contribution >= 0.6 is 11.3 Å². The number of thiazole rings is 1. The first-order chi connectivity index (χ1) is 15.2. The summed E-state index contributed by atoms with van der Waals surface area (Å²) in [5.41, 5.74) is 3.01. The molecule has 0 atom stereocenters. The van der Waals surface area contributed by atoms with Crippen LogP contribution in [0.15, 0.2) is 40.5 Å². The molecule has 9 heteroatoms. The van der Waals surface area contributed by atoms with Crippen LogP contribution in [0.3, 0.4) is 0 Å². The molecule has 3 aromatic heterocycles. The van der Waals surface area contributed by atoms with Gasteiger partial charge in [-0.15, -0.1) is 11.3 Å². The quantitative estimate of drug-likeness (QED) is 0.483. The molecule has 0 aliphatic heterocycles. The van der Waals surface area contributed by atoms with Gasteiger partial charge < -0.3 is 5.32 Å². The summed E-state index contributed by atoms with van der Waals surface area (Å²) in [6.07, 6.45) is 0.0908. The molecule has 0 aliphatic rings. The number of rotatable bonds is 6. The highest BCUT2D eigenvalue weighted by atomic mass is 32.1. The molecule has 166 valence electrons. The number of halogens is 1. The number of aromatic nitrogens is 4. The molecule has 4 aromatic rings. The second-order valence-corrected chi connectivity index (χ2v) is 9.00. The van der Waals surface area contributed by atoms with E-state index in [0.29, 0.717) is 45.8 Å². The van der Waals surface area contributed by atoms with Crippen molar-refractivity contribution in [3.8, 4) is 16.9 Å². The topological polar surface area (TPSA) is 81.3 Å². The van der Waals surface area contributed by atoms with Gasteiger partial charge in [0.15, 0.2) is 4.96 Å². The van der Waals surface area contributed by atoms with Gasteiger partial charge in [0.25, 0.3) is 5.56 Å². The largest absolute Gasteiger partial charge is 0.356 e. The molecule has 1 amide bonds. The van der Waals surface area contributed by atoms with Crippen LogP contribution in [-0.2, 0) is 11.2 Å². The van der Waals surface area contributed by atoms with Gasteiger partial charge in [-0.1, -0.05) is 19.9 Å². The van der Waals surface area contributed by atoms with E-state index in [-0.39, 0.29) is 23.7 Å². The molecule has 0 bridgehead atoms. The van der Waals surface area contributed by atoms with E-state index in [1.807, 2.05) is 20.8 Å². The Kier molecular flexibility index (Phi) is 5.92. The molecule has 1 aromatic carbocycles. The number of carbonyl (C=O) groups excluding carboxylic acids is 1. The molecular formula is C23H24FN5O2S. The van der Waals surface area contributed by atoms with Crippen LogP contribution in [0.25, 0.3) is 21.9 Å². The summed E-state index contributed by atoms with van der Waals surface area (Å²) in [5, 5.41) is 9.23. The number of nitrogens with zero attached hydrogens (tertiary/aromatic N) is 4. The van der Waals surface area contributed by atoms with E-state index in [1.165, 1.54) is 27.9 Å². The third-order valence-corrected chi connectivity index (χ3v) is 5.94. The van der Waals surface area contributed by atoms with Crippen LogP contribution in [0.4, 0.5) is 4.39 Å². The van der Waals surface area contributed by atoms with Gasteiger partial charge in [0.2, 0.25) is 5.91 Å². The summed E-state index contributed by atoms with van der Waals surface area (Å²) in [4.78, 5) is 30.9. The van der Waals surface area contributed by atoms with E-state index in [4.69, 9.17) is 0 Å². The Labute approximate surface area is 188 Å². The lowest BCUT2D eigenvalue weighted by atomic mass is 10.1. The van der Waals surface area contributed by atoms with E-state index in [9.17, 15) is 14.0 Å². The fourth-order valence-electron chi connectivity index (χ4n) is 3.54. The fraction of sp³-hybridized carbons (Fsp3) is 0.304. The summed E-state index contributed by atoms with van der Waals surface area (Å²) < 4.78 is 16.8. The number of fused-ring (bicyclic) bond motifs is 1. The second-order valence-electron chi connectivity index (χ2n) is 8.16. The molecule has 0 saturated carbocycles. The zero-order chi connectivity index (χ0) is 23.0. The van der Waals surface area contributed by atoms with Crippen LogP contribution in [-0.4, -0.2) is 31.6 Å². The Morgan fingerprint density at radius 2 is 2.03 bits per heavy atom. The maximum absolute atomic E-state index is 13.7. The Morgan fingerprint density at radius 3 is 2.75 bits per heavy atom. The van der Waals surface area contributed by atoms with Crippen molar-refractivity contribution in [1.29, 1.82) is 0 Å². The third kappa shape index (κ3) is 4.20. The van der Waals surface area contributed by atoms with Gasteiger partial charge in [-0.2, -0.15) is 5.10 Å². The summed E-state index contributed by atoms with van der Waals surface area (Å²) in [6, 6.07) is 7.90. The molecule has 1 N–H and O–H groups in total. The minimum Gasteiger partial charge on any atom is -0.356 e. The maximum Gasteiger partial charge on any atom is 0.268 e. The normalized spacial score (nSPS) is 11.4. The van der Waals surface area contributed by atoms with Crippen molar-refractivity contribution in [3.63, 3.8) is 0 Å². The van der Waals surface area contributed by atoms with Crippen molar-refractivity contribution in [2.24, 2.45) is 5.92 Å². The van der Waals surface area contributed by atoms with Crippen molar-refractivity contribution in [2.45, 2.75) is 34.1 Å². The van der Waals surface area contributed by atoms with E-state index < -0.39 is 0 Å². The maximum atomic E-state index is 13.7. The molecular weight excluding hydrogens is 429 g/mol. The molecule has 32 heavy (non-hydrogen) atoms. The summed E-state index contributed by atoms with van der Waals surface area (Å²) >= 11 is 1.32. The van der Waals surface area contributed by atoms with Crippen LogP contribution in [0, 0.1) is 25.6 Å². The van der Waals surface area contributed by atoms with Crippen molar-refractivity contribution < 1.29 is 9.18 Å². The summed E-state index contributed by atoms with van der Waals surface area (Å²) in [6.45, 7) is 8.23. The van der Waals surface area contributed by atoms with Gasteiger partial charge in [0, 0.05) is 23.3 Å². The Hall–Kier alpha value is -3.33. The van der Waals surface area contributed by atoms with Gasteiger partial charge in [-0.05, 0) is 44.0 Å². The van der Waals surface area contributed by atoms with Crippen molar-refractivity contribution >= 4 is 22.2 Å². The first-order valence-electron chi connectivity index (χ1n) is 10.3. The lowest BCUT2D eigenvalue weighted by molar-refractivity contribution is -0.120. The molecule has 3 heterocycles. The Bertz CT molecular complexity index is 1370. The average Bonchev–Trinajstić information content (AvgIpc) is 3.30. The number of nitrogens with one attached hydrogen (secondary N) is 1. The zero-order valence-corrected chi connectivity index (χ0v) is 19.2. The predicted molar refractivity (Wildman–Crippen MR) is 123 cm³/mol. The fourth-order valence-corrected chi connectivity index (χ4v) is 4.46. The highest BCUT2D eigenvalue weighted by Crippen LogP contribution is 2.23. The lowest BCUT2D eigenvalue weighted by Gasteiger charge is -2.08. The van der Waals surface area contributed by atoms with Crippen molar-refractivity contribution in [3.05, 3.63) is 69.0 Å². The minimum absolute atomic E-state index is 0.0908. The lowest BCUT2D eigenvalue weighted by Crippen LogP contribution is -2.30. The molecule has 0 aliphatic carbocycles. The van der Waals surface area contributed by atoms with Crippen molar-refractivity contribution in [2.75, 3.05) is 6.54 Å². The molecule has 4 rings (SSSR count). The number of benzene rings is 1. The number of amides is 1. The molecule has 0 saturated heterocycles. The van der Waals surface area contributed by atoms with Gasteiger partial charge in [0.05, 0.1) is 23.4 Å². The summed E-state index contributed by atoms with van der Waals surface area (Å²) in [7, 11) is 0. The third-order valence-electron chi connectivity index (χ3n) is 5.07. The van der Waals surface area contributed by atoms with Gasteiger partial charge in [-0.25, -0.2) is 14.1 Å². The monoisotopic (exact) mass is 453 g/mol. The number of hydrogen-bond donors (Lipinski definition) is 1. The molecule has 0 unspecified atom stereocenters. The van der Waals surface area contributed by atoms with Gasteiger partial charge in [-0.3, -0.25) is 14.0 Å². The highest BCUT2D eigenvalue weighted by molar-refractivity contribution is 7.15. The van der Waals surface area contributed by atoms with E-state index in [2.05, 4.69) is 15.4 Å². The van der Waals surface area contributed by atoms with E-state index in [1.54, 1.807) is 35.2 Å². The van der Waals surface area contributed by atoms with Crippen LogP contribution in [0.1, 0.15) is 30.9 Å². The Morgan fingerprint density at radius 1 is 1.25 bits per heavy atom. The number of hydrogen-bond acceptors (Lipinski definition) is 5. The average molecular weight is 454 g/mol. The Balaban J connectivity index is 1.76. The first-order valence-corrected chi connectivity index (χ1v) is 11.2. The SMILES string of the molecule is Cc1nc2scc(CC(=O)NCC(C)C)n2c(=O)c1-c1cc(C)n(-c2cccc(F)c2)n1. The molecule has 0 radical (unpaired) electrons. The summed E-state index contributed by atoms with van der Waals surface area (Å²) in [5.74, 6) is -0.163. The smallest absolute Gasteiger partial charge is 0.268 e. The second kappa shape index (κ2) is 8.66. The first kappa shape index (κ1) is 21.9. The molecule has 0 fully saturated rings. The van der Waals surface area contributed by atoms with E-state index >= 15 is 0 Å². The predicted octanol–water partition coefficient (Wildman–Crippen LogP) is 3.68. The number of aryl methyl sites for hydroxylation is 2. The van der Waals surface area contributed by atoms with Crippen LogP contribution in [0.2, 0.25) is 0 Å². The highest BCUT2D eigenvalue weighted by Gasteiger charge is 2.20. The van der Waals surface area contributed by atoms with Gasteiger partial charge >= 0.3 is 0 Å². The number of carbonyl (C=O) groups is 1. The van der Waals surface area contributed by atoms with Crippen LogP contribution in [0.5, 0.6) is 0 Å². The van der Waals surface area contributed by atoms with E-state index in [0.717, 1.165) is 5.69 Å². The molecule has 7 nitrogen and oxygen atoms in total. The molecule has 0 spiro atoms. The minimum atomic E-state index is -0.364. The van der Waals surface area contributed by atoms with Gasteiger partial charge in [0.1, 0.15) is 11.5 Å².